The lowest BCUT2D eigenvalue weighted by molar-refractivity contribution is -0.136. The van der Waals surface area contributed by atoms with E-state index in [1.807, 2.05) is 17.7 Å². The van der Waals surface area contributed by atoms with Crippen molar-refractivity contribution >= 4 is 5.97 Å². The summed E-state index contributed by atoms with van der Waals surface area (Å²) in [6, 6.07) is 0. The van der Waals surface area contributed by atoms with Crippen LogP contribution >= 0.6 is 0 Å². The van der Waals surface area contributed by atoms with Crippen LogP contribution in [0, 0.1) is 13.8 Å². The average Bonchev–Trinajstić information content (AvgIpc) is 2.59. The summed E-state index contributed by atoms with van der Waals surface area (Å²) in [7, 11) is 1.39. The molecule has 1 aromatic rings. The van der Waals surface area contributed by atoms with Crippen LogP contribution in [0.25, 0.3) is 0 Å². The molecule has 0 radical (unpaired) electrons. The Bertz CT molecular complexity index is 445. The number of nitrogens with zero attached hydrogens (tertiary/aromatic N) is 2. The van der Waals surface area contributed by atoms with Gasteiger partial charge in [-0.05, 0) is 32.8 Å². The largest absolute Gasteiger partial charge is 0.466 e. The minimum atomic E-state index is -0.290. The number of carbonyl (C=O) groups is 1. The van der Waals surface area contributed by atoms with E-state index in [1.165, 1.54) is 18.4 Å². The Kier molecular flexibility index (Phi) is 4.49. The summed E-state index contributed by atoms with van der Waals surface area (Å²) in [5, 5.41) is 4.46. The minimum Gasteiger partial charge on any atom is -0.466 e. The minimum absolute atomic E-state index is 0.290. The van der Waals surface area contributed by atoms with Gasteiger partial charge in [-0.15, -0.1) is 0 Å². The van der Waals surface area contributed by atoms with Gasteiger partial charge < -0.3 is 4.74 Å². The van der Waals surface area contributed by atoms with Crippen LogP contribution in [0.2, 0.25) is 0 Å². The Balaban J connectivity index is 2.86. The van der Waals surface area contributed by atoms with Gasteiger partial charge in [-0.1, -0.05) is 13.0 Å². The quantitative estimate of drug-likeness (QED) is 0.594. The van der Waals surface area contributed by atoms with Crippen molar-refractivity contribution in [1.29, 1.82) is 0 Å². The number of aryl methyl sites for hydroxylation is 1. The fourth-order valence-electron chi connectivity index (χ4n) is 1.89. The smallest absolute Gasteiger partial charge is 0.333 e. The second kappa shape index (κ2) is 5.66. The lowest BCUT2D eigenvalue weighted by atomic mass is 10.1. The highest BCUT2D eigenvalue weighted by Crippen LogP contribution is 2.13. The van der Waals surface area contributed by atoms with Crippen LogP contribution in [0.1, 0.15) is 30.8 Å². The number of methoxy groups -OCH3 is 1. The van der Waals surface area contributed by atoms with E-state index in [0.29, 0.717) is 12.1 Å². The lowest BCUT2D eigenvalue weighted by Crippen LogP contribution is -2.05. The van der Waals surface area contributed by atoms with Crippen molar-refractivity contribution in [2.24, 2.45) is 0 Å². The summed E-state index contributed by atoms with van der Waals surface area (Å²) in [6.45, 7) is 8.54. The van der Waals surface area contributed by atoms with Gasteiger partial charge in [0.2, 0.25) is 0 Å². The number of esters is 1. The Hall–Kier alpha value is -1.58. The molecule has 0 aliphatic rings. The predicted octanol–water partition coefficient (Wildman–Crippen LogP) is 2.18. The summed E-state index contributed by atoms with van der Waals surface area (Å²) < 4.78 is 6.56. The molecule has 0 saturated heterocycles. The maximum Gasteiger partial charge on any atom is 0.333 e. The van der Waals surface area contributed by atoms with Gasteiger partial charge >= 0.3 is 5.97 Å². The molecule has 4 nitrogen and oxygen atoms in total. The van der Waals surface area contributed by atoms with Crippen LogP contribution < -0.4 is 0 Å². The number of rotatable bonds is 4. The van der Waals surface area contributed by atoms with Crippen molar-refractivity contribution in [1.82, 2.24) is 9.78 Å². The van der Waals surface area contributed by atoms with Crippen LogP contribution in [0.3, 0.4) is 0 Å². The molecule has 0 aliphatic heterocycles. The fraction of sp³-hybridized carbons (Fsp3) is 0.538. The number of hydrogen-bond donors (Lipinski definition) is 0. The zero-order valence-electron chi connectivity index (χ0n) is 11.2. The Morgan fingerprint density at radius 2 is 2.12 bits per heavy atom. The molecule has 94 valence electrons. The van der Waals surface area contributed by atoms with E-state index >= 15 is 0 Å². The molecular formula is C13H20N2O2. The van der Waals surface area contributed by atoms with Gasteiger partial charge in [0.15, 0.2) is 0 Å². The molecular weight excluding hydrogens is 216 g/mol. The van der Waals surface area contributed by atoms with Crippen molar-refractivity contribution in [3.05, 3.63) is 28.6 Å². The highest BCUT2D eigenvalue weighted by molar-refractivity contribution is 5.87. The summed E-state index contributed by atoms with van der Waals surface area (Å²) in [6.07, 6.45) is 2.82. The molecule has 1 aromatic heterocycles. The monoisotopic (exact) mass is 236 g/mol. The molecule has 0 unspecified atom stereocenters. The summed E-state index contributed by atoms with van der Waals surface area (Å²) in [4.78, 5) is 11.2. The van der Waals surface area contributed by atoms with E-state index in [-0.39, 0.29) is 5.97 Å². The van der Waals surface area contributed by atoms with E-state index in [4.69, 9.17) is 0 Å². The molecule has 0 aromatic carbocycles. The Morgan fingerprint density at radius 3 is 2.59 bits per heavy atom. The first-order valence-electron chi connectivity index (χ1n) is 5.79. The molecule has 4 heteroatoms. The molecule has 0 amide bonds. The van der Waals surface area contributed by atoms with Crippen LogP contribution in [0.4, 0.5) is 0 Å². The topological polar surface area (TPSA) is 44.1 Å². The van der Waals surface area contributed by atoms with Gasteiger partial charge in [0.1, 0.15) is 0 Å². The first kappa shape index (κ1) is 13.5. The van der Waals surface area contributed by atoms with E-state index in [1.54, 1.807) is 6.92 Å². The van der Waals surface area contributed by atoms with Gasteiger partial charge in [0.25, 0.3) is 0 Å². The van der Waals surface area contributed by atoms with Gasteiger partial charge in [-0.25, -0.2) is 4.79 Å². The van der Waals surface area contributed by atoms with Crippen molar-refractivity contribution in [2.75, 3.05) is 7.11 Å². The van der Waals surface area contributed by atoms with Gasteiger partial charge in [0, 0.05) is 11.3 Å². The number of aromatic nitrogens is 2. The highest BCUT2D eigenvalue weighted by atomic mass is 16.5. The molecule has 1 heterocycles. The Labute approximate surface area is 102 Å². The second-order valence-corrected chi connectivity index (χ2v) is 4.06. The molecule has 0 atom stereocenters. The molecule has 0 N–H and O–H groups in total. The first-order valence-corrected chi connectivity index (χ1v) is 5.79. The number of carbonyl (C=O) groups excluding carboxylic acids is 1. The second-order valence-electron chi connectivity index (χ2n) is 4.06. The average molecular weight is 236 g/mol. The molecule has 0 fully saturated rings. The van der Waals surface area contributed by atoms with E-state index < -0.39 is 0 Å². The summed E-state index contributed by atoms with van der Waals surface area (Å²) in [5.41, 5.74) is 4.13. The van der Waals surface area contributed by atoms with Crippen LogP contribution in [-0.2, 0) is 22.5 Å². The van der Waals surface area contributed by atoms with Crippen molar-refractivity contribution < 1.29 is 9.53 Å². The van der Waals surface area contributed by atoms with Crippen molar-refractivity contribution in [3.63, 3.8) is 0 Å². The first-order chi connectivity index (χ1) is 8.01. The zero-order chi connectivity index (χ0) is 13.0. The number of ether oxygens (including phenoxy) is 1. The third-order valence-electron chi connectivity index (χ3n) is 2.96. The van der Waals surface area contributed by atoms with E-state index in [0.717, 1.165) is 12.1 Å². The van der Waals surface area contributed by atoms with E-state index in [2.05, 4.69) is 23.7 Å². The maximum absolute atomic E-state index is 11.2. The van der Waals surface area contributed by atoms with Crippen LogP contribution in [0.15, 0.2) is 11.6 Å². The lowest BCUT2D eigenvalue weighted by Gasteiger charge is -2.02. The SMILES string of the molecule is CCc1c(C)nn(CC=C(C)C(=O)OC)c1C. The maximum atomic E-state index is 11.2. The fourth-order valence-corrected chi connectivity index (χ4v) is 1.89. The zero-order valence-corrected chi connectivity index (χ0v) is 11.2. The summed E-state index contributed by atoms with van der Waals surface area (Å²) >= 11 is 0. The molecule has 0 aliphatic carbocycles. The van der Waals surface area contributed by atoms with Crippen LogP contribution in [0.5, 0.6) is 0 Å². The predicted molar refractivity (Wildman–Crippen MR) is 66.9 cm³/mol. The molecule has 17 heavy (non-hydrogen) atoms. The van der Waals surface area contributed by atoms with Gasteiger partial charge in [-0.3, -0.25) is 4.68 Å². The third kappa shape index (κ3) is 2.96. The molecule has 1 rings (SSSR count). The van der Waals surface area contributed by atoms with Gasteiger partial charge in [-0.2, -0.15) is 5.10 Å². The van der Waals surface area contributed by atoms with E-state index in [9.17, 15) is 4.79 Å². The standard InChI is InChI=1S/C13H20N2O2/c1-6-12-10(3)14-15(11(12)4)8-7-9(2)13(16)17-5/h7H,6,8H2,1-5H3. The molecule has 0 saturated carbocycles. The Morgan fingerprint density at radius 1 is 1.47 bits per heavy atom. The van der Waals surface area contributed by atoms with Gasteiger partial charge in [0.05, 0.1) is 19.3 Å². The number of hydrogen-bond acceptors (Lipinski definition) is 3. The molecule has 0 bridgehead atoms. The summed E-state index contributed by atoms with van der Waals surface area (Å²) in [5.74, 6) is -0.290. The highest BCUT2D eigenvalue weighted by Gasteiger charge is 2.09. The third-order valence-corrected chi connectivity index (χ3v) is 2.96. The van der Waals surface area contributed by atoms with Crippen LogP contribution in [-0.4, -0.2) is 22.9 Å². The number of allylic oxidation sites excluding steroid dienone is 1. The van der Waals surface area contributed by atoms with Crippen molar-refractivity contribution in [2.45, 2.75) is 40.7 Å². The normalized spacial score (nSPS) is 11.7. The van der Waals surface area contributed by atoms with Crippen molar-refractivity contribution in [3.8, 4) is 0 Å². The molecule has 0 spiro atoms.